The van der Waals surface area contributed by atoms with Crippen molar-refractivity contribution < 1.29 is 33.0 Å². The van der Waals surface area contributed by atoms with Crippen molar-refractivity contribution >= 4 is 35.1 Å². The van der Waals surface area contributed by atoms with E-state index in [1.807, 2.05) is 0 Å². The van der Waals surface area contributed by atoms with Gasteiger partial charge >= 0.3 is 11.9 Å². The maximum absolute atomic E-state index is 15.6. The van der Waals surface area contributed by atoms with Crippen molar-refractivity contribution in [3.8, 4) is 0 Å². The van der Waals surface area contributed by atoms with Gasteiger partial charge in [0.2, 0.25) is 0 Å². The second-order valence-corrected chi connectivity index (χ2v) is 7.92. The molecule has 0 unspecified atom stereocenters. The number of aromatic nitrogens is 2. The molecular weight excluding hydrogens is 481 g/mol. The minimum atomic E-state index is -1.92. The predicted octanol–water partition coefficient (Wildman–Crippen LogP) is 3.20. The summed E-state index contributed by atoms with van der Waals surface area (Å²) in [5.41, 5.74) is 6.35. The Morgan fingerprint density at radius 2 is 1.63 bits per heavy atom. The van der Waals surface area contributed by atoms with Crippen molar-refractivity contribution in [3.05, 3.63) is 83.8 Å². The van der Waals surface area contributed by atoms with E-state index >= 15 is 4.39 Å². The van der Waals surface area contributed by atoms with Crippen LogP contribution in [-0.4, -0.2) is 58.1 Å². The summed E-state index contributed by atoms with van der Waals surface area (Å²) < 4.78 is 33.3. The van der Waals surface area contributed by atoms with Crippen LogP contribution in [-0.2, 0) is 14.2 Å². The zero-order valence-electron chi connectivity index (χ0n) is 18.3. The van der Waals surface area contributed by atoms with Crippen molar-refractivity contribution in [1.29, 1.82) is 0 Å². The van der Waals surface area contributed by atoms with Crippen LogP contribution < -0.4 is 5.73 Å². The van der Waals surface area contributed by atoms with Crippen LogP contribution in [0.3, 0.4) is 0 Å². The highest BCUT2D eigenvalue weighted by Crippen LogP contribution is 2.36. The minimum Gasteiger partial charge on any atom is -0.459 e. The van der Waals surface area contributed by atoms with Gasteiger partial charge in [0.1, 0.15) is 24.2 Å². The molecule has 1 aliphatic rings. The highest BCUT2D eigenvalue weighted by molar-refractivity contribution is 6.30. The Morgan fingerprint density at radius 1 is 1.03 bits per heavy atom. The number of nitrogens with zero attached hydrogens (tertiary/aromatic N) is 2. The van der Waals surface area contributed by atoms with E-state index in [-0.39, 0.29) is 23.0 Å². The van der Waals surface area contributed by atoms with E-state index in [0.717, 1.165) is 10.9 Å². The normalized spacial score (nSPS) is 21.4. The zero-order valence-corrected chi connectivity index (χ0v) is 19.0. The highest BCUT2D eigenvalue weighted by Gasteiger charge is 2.50. The Bertz CT molecular complexity index is 1210. The molecule has 0 aliphatic carbocycles. The van der Waals surface area contributed by atoms with Gasteiger partial charge in [-0.15, -0.1) is 11.6 Å². The Morgan fingerprint density at radius 3 is 2.23 bits per heavy atom. The lowest BCUT2D eigenvalue weighted by atomic mass is 10.1. The van der Waals surface area contributed by atoms with Gasteiger partial charge in [-0.1, -0.05) is 36.4 Å². The van der Waals surface area contributed by atoms with E-state index in [0.29, 0.717) is 5.56 Å². The molecular formula is C24H21ClFN3O6. The Hall–Kier alpha value is -3.76. The summed E-state index contributed by atoms with van der Waals surface area (Å²) in [6, 6.07) is 16.2. The lowest BCUT2D eigenvalue weighted by Crippen LogP contribution is -2.37. The number of esters is 2. The first-order valence-corrected chi connectivity index (χ1v) is 11.1. The quantitative estimate of drug-likeness (QED) is 0.283. The number of halogens is 2. The molecule has 3 aromatic rings. The molecule has 2 N–H and O–H groups in total. The lowest BCUT2D eigenvalue weighted by Gasteiger charge is -2.19. The van der Waals surface area contributed by atoms with Gasteiger partial charge in [-0.05, 0) is 24.3 Å². The monoisotopic (exact) mass is 501 g/mol. The molecule has 182 valence electrons. The van der Waals surface area contributed by atoms with Gasteiger partial charge in [-0.2, -0.15) is 0 Å². The predicted molar refractivity (Wildman–Crippen MR) is 123 cm³/mol. The van der Waals surface area contributed by atoms with Crippen molar-refractivity contribution in [2.45, 2.75) is 24.6 Å². The summed E-state index contributed by atoms with van der Waals surface area (Å²) in [6.07, 6.45) is -4.78. The van der Waals surface area contributed by atoms with Gasteiger partial charge in [0.25, 0.3) is 0 Å². The third-order valence-corrected chi connectivity index (χ3v) is 5.64. The number of rotatable bonds is 8. The number of ketones is 1. The Balaban J connectivity index is 1.56. The summed E-state index contributed by atoms with van der Waals surface area (Å²) in [7, 11) is 0. The molecule has 1 aromatic heterocycles. The van der Waals surface area contributed by atoms with Crippen molar-refractivity contribution in [2.75, 3.05) is 18.2 Å². The smallest absolute Gasteiger partial charge is 0.338 e. The van der Waals surface area contributed by atoms with Crippen molar-refractivity contribution in [1.82, 2.24) is 9.55 Å². The number of carbonyl (C=O) groups is 3. The van der Waals surface area contributed by atoms with Gasteiger partial charge in [0.05, 0.1) is 23.3 Å². The van der Waals surface area contributed by atoms with Crippen LogP contribution in [0.15, 0.2) is 67.0 Å². The molecule has 2 heterocycles. The van der Waals surface area contributed by atoms with Gasteiger partial charge in [0.15, 0.2) is 24.3 Å². The summed E-state index contributed by atoms with van der Waals surface area (Å²) >= 11 is 5.57. The Kier molecular flexibility index (Phi) is 7.42. The van der Waals surface area contributed by atoms with Gasteiger partial charge in [-0.3, -0.25) is 9.36 Å². The fourth-order valence-electron chi connectivity index (χ4n) is 3.63. The molecule has 35 heavy (non-hydrogen) atoms. The van der Waals surface area contributed by atoms with E-state index in [2.05, 4.69) is 4.98 Å². The van der Waals surface area contributed by atoms with E-state index in [1.54, 1.807) is 48.5 Å². The van der Waals surface area contributed by atoms with Crippen LogP contribution in [0.2, 0.25) is 0 Å². The van der Waals surface area contributed by atoms with Crippen LogP contribution in [0, 0.1) is 0 Å². The highest BCUT2D eigenvalue weighted by atomic mass is 35.5. The number of benzene rings is 2. The topological polar surface area (TPSA) is 123 Å². The van der Waals surface area contributed by atoms with Gasteiger partial charge < -0.3 is 19.9 Å². The molecule has 1 fully saturated rings. The number of nitrogens with two attached hydrogens (primary N) is 1. The molecule has 4 atom stereocenters. The maximum Gasteiger partial charge on any atom is 0.338 e. The molecule has 9 nitrogen and oxygen atoms in total. The van der Waals surface area contributed by atoms with Crippen molar-refractivity contribution in [2.24, 2.45) is 0 Å². The molecule has 0 spiro atoms. The van der Waals surface area contributed by atoms with Crippen LogP contribution in [0.5, 0.6) is 0 Å². The second-order valence-electron chi connectivity index (χ2n) is 7.65. The number of hydrogen-bond acceptors (Lipinski definition) is 8. The number of hydrogen-bond donors (Lipinski definition) is 1. The molecule has 0 bridgehead atoms. The summed E-state index contributed by atoms with van der Waals surface area (Å²) in [4.78, 5) is 40.9. The first-order valence-electron chi connectivity index (χ1n) is 10.6. The molecule has 0 radical (unpaired) electrons. The van der Waals surface area contributed by atoms with Crippen LogP contribution in [0.1, 0.15) is 37.4 Å². The van der Waals surface area contributed by atoms with Crippen LogP contribution in [0.25, 0.3) is 0 Å². The van der Waals surface area contributed by atoms with Crippen molar-refractivity contribution in [3.63, 3.8) is 0 Å². The molecule has 0 saturated carbocycles. The molecule has 11 heteroatoms. The van der Waals surface area contributed by atoms with Crippen LogP contribution >= 0.6 is 11.6 Å². The largest absolute Gasteiger partial charge is 0.459 e. The van der Waals surface area contributed by atoms with Gasteiger partial charge in [0, 0.05) is 0 Å². The first kappa shape index (κ1) is 24.4. The number of Topliss-reactive ketones (excluding diaryl/α,β-unsaturated/α-hetero) is 1. The number of ether oxygens (including phenoxy) is 3. The van der Waals surface area contributed by atoms with Gasteiger partial charge in [-0.25, -0.2) is 19.0 Å². The van der Waals surface area contributed by atoms with E-state index in [1.165, 1.54) is 12.1 Å². The van der Waals surface area contributed by atoms with E-state index in [9.17, 15) is 14.4 Å². The standard InChI is InChI=1S/C24H21ClFN3O6/c25-11-16(30)19-21(27)29(13-28-19)22-18(26)20(35-24(32)15-9-5-2-6-10-15)17(34-22)12-33-23(31)14-7-3-1-4-8-14/h1-10,13,17-18,20,22H,11-12,27H2/t17-,18-,20-,22-/m1/s1. The average Bonchev–Trinajstić information content (AvgIpc) is 3.42. The maximum atomic E-state index is 15.6. The SMILES string of the molecule is Nc1c(C(=O)CCl)ncn1[C@@H]1O[C@H](COC(=O)c2ccccc2)[C@@H](OC(=O)c2ccccc2)[C@H]1F. The lowest BCUT2D eigenvalue weighted by molar-refractivity contribution is -0.0574. The minimum absolute atomic E-state index is 0.132. The van der Waals surface area contributed by atoms with E-state index in [4.69, 9.17) is 31.5 Å². The summed E-state index contributed by atoms with van der Waals surface area (Å²) in [6.45, 7) is -0.403. The molecule has 1 aliphatic heterocycles. The molecule has 0 amide bonds. The third kappa shape index (κ3) is 5.18. The van der Waals surface area contributed by atoms with E-state index < -0.39 is 48.9 Å². The first-order chi connectivity index (χ1) is 16.9. The molecule has 4 rings (SSSR count). The molecule has 1 saturated heterocycles. The number of imidazole rings is 1. The number of alkyl halides is 2. The summed E-state index contributed by atoms with van der Waals surface area (Å²) in [5.74, 6) is -2.49. The number of carbonyl (C=O) groups excluding carboxylic acids is 3. The second kappa shape index (κ2) is 10.7. The molecule has 2 aromatic carbocycles. The zero-order chi connectivity index (χ0) is 24.9. The fraction of sp³-hybridized carbons (Fsp3) is 0.250. The number of anilines is 1. The third-order valence-electron chi connectivity index (χ3n) is 5.40. The van der Waals surface area contributed by atoms with Crippen LogP contribution in [0.4, 0.5) is 10.2 Å². The summed E-state index contributed by atoms with van der Waals surface area (Å²) in [5, 5.41) is 0. The fourth-order valence-corrected chi connectivity index (χ4v) is 3.75. The Labute approximate surface area is 204 Å². The number of nitrogen functional groups attached to an aromatic ring is 1. The average molecular weight is 502 g/mol.